The molecule has 0 atom stereocenters. The fourth-order valence-corrected chi connectivity index (χ4v) is 5.31. The lowest BCUT2D eigenvalue weighted by Crippen LogP contribution is -2.46. The van der Waals surface area contributed by atoms with Crippen molar-refractivity contribution in [3.05, 3.63) is 113 Å². The molecule has 1 saturated heterocycles. The molecule has 1 aliphatic rings. The molecule has 7 rings (SSSR count). The van der Waals surface area contributed by atoms with Crippen molar-refractivity contribution in [2.45, 2.75) is 12.7 Å². The molecule has 14 heteroatoms. The monoisotopic (exact) mass is 654 g/mol. The molecule has 0 saturated carbocycles. The highest BCUT2D eigenvalue weighted by Gasteiger charge is 2.38. The van der Waals surface area contributed by atoms with Crippen molar-refractivity contribution in [1.29, 1.82) is 0 Å². The summed E-state index contributed by atoms with van der Waals surface area (Å²) < 4.78 is 31.7. The average molecular weight is 655 g/mol. The first-order valence-electron chi connectivity index (χ1n) is 14.9. The van der Waals surface area contributed by atoms with Gasteiger partial charge >= 0.3 is 12.1 Å². The van der Waals surface area contributed by atoms with Gasteiger partial charge in [0.15, 0.2) is 5.82 Å². The van der Waals surface area contributed by atoms with Gasteiger partial charge in [0.2, 0.25) is 5.95 Å². The zero-order valence-electron chi connectivity index (χ0n) is 25.4. The summed E-state index contributed by atoms with van der Waals surface area (Å²) in [6, 6.07) is 28.3. The molecular formula is C34H29F3N8O3. The van der Waals surface area contributed by atoms with E-state index in [1.165, 1.54) is 5.56 Å². The quantitative estimate of drug-likeness (QED) is 0.215. The number of halogens is 3. The van der Waals surface area contributed by atoms with Gasteiger partial charge in [0.1, 0.15) is 5.69 Å². The van der Waals surface area contributed by atoms with Crippen LogP contribution in [0.4, 0.5) is 19.1 Å². The number of aromatic nitrogens is 6. The van der Waals surface area contributed by atoms with Crippen molar-refractivity contribution in [2.75, 3.05) is 31.1 Å². The molecule has 11 nitrogen and oxygen atoms in total. The molecule has 0 radical (unpaired) electrons. The van der Waals surface area contributed by atoms with Crippen molar-refractivity contribution in [3.8, 4) is 33.9 Å². The third-order valence-corrected chi connectivity index (χ3v) is 7.75. The number of hydrogen-bond donors (Lipinski definition) is 3. The van der Waals surface area contributed by atoms with E-state index in [4.69, 9.17) is 14.9 Å². The van der Waals surface area contributed by atoms with Gasteiger partial charge in [-0.1, -0.05) is 60.7 Å². The van der Waals surface area contributed by atoms with Crippen LogP contribution in [0.2, 0.25) is 0 Å². The van der Waals surface area contributed by atoms with Gasteiger partial charge in [-0.15, -0.1) is 5.10 Å². The molecule has 48 heavy (non-hydrogen) atoms. The number of carbonyl (C=O) groups is 1. The van der Waals surface area contributed by atoms with E-state index in [0.717, 1.165) is 60.8 Å². The number of rotatable bonds is 6. The Kier molecular flexibility index (Phi) is 9.25. The number of pyridine rings is 3. The lowest BCUT2D eigenvalue weighted by Gasteiger charge is -2.34. The molecule has 1 fully saturated rings. The first kappa shape index (κ1) is 32.1. The number of alkyl halides is 3. The number of aromatic amines is 2. The van der Waals surface area contributed by atoms with Gasteiger partial charge in [-0.25, -0.2) is 9.78 Å². The summed E-state index contributed by atoms with van der Waals surface area (Å²) in [7, 11) is 0. The molecule has 0 unspecified atom stereocenters. The zero-order chi connectivity index (χ0) is 33.7. The predicted molar refractivity (Wildman–Crippen MR) is 174 cm³/mol. The number of nitrogens with zero attached hydrogens (tertiary/aromatic N) is 6. The van der Waals surface area contributed by atoms with Gasteiger partial charge < -0.3 is 15.0 Å². The second kappa shape index (κ2) is 13.8. The van der Waals surface area contributed by atoms with Gasteiger partial charge in [0.05, 0.1) is 16.6 Å². The minimum Gasteiger partial charge on any atom is -0.475 e. The highest BCUT2D eigenvalue weighted by atomic mass is 19.4. The normalized spacial score (nSPS) is 13.6. The number of carboxylic acid groups (broad SMARTS) is 1. The fraction of sp³-hybridized carbons (Fsp3) is 0.176. The summed E-state index contributed by atoms with van der Waals surface area (Å²) in [5.41, 5.74) is 6.44. The van der Waals surface area contributed by atoms with Gasteiger partial charge in [-0.3, -0.25) is 19.8 Å². The summed E-state index contributed by atoms with van der Waals surface area (Å²) in [4.78, 5) is 42.8. The molecule has 2 aromatic carbocycles. The Bertz CT molecular complexity index is 2060. The highest BCUT2D eigenvalue weighted by Crippen LogP contribution is 2.33. The van der Waals surface area contributed by atoms with Crippen molar-refractivity contribution < 1.29 is 23.1 Å². The molecule has 3 N–H and O–H groups in total. The Morgan fingerprint density at radius 1 is 0.875 bits per heavy atom. The van der Waals surface area contributed by atoms with Crippen molar-refractivity contribution in [3.63, 3.8) is 0 Å². The highest BCUT2D eigenvalue weighted by molar-refractivity contribution is 5.91. The third-order valence-electron chi connectivity index (χ3n) is 7.75. The van der Waals surface area contributed by atoms with Crippen molar-refractivity contribution >= 4 is 22.8 Å². The van der Waals surface area contributed by atoms with E-state index in [1.807, 2.05) is 48.5 Å². The number of anilines is 1. The number of piperazine rings is 1. The van der Waals surface area contributed by atoms with Crippen molar-refractivity contribution in [2.24, 2.45) is 0 Å². The number of aliphatic carboxylic acids is 1. The van der Waals surface area contributed by atoms with Crippen LogP contribution in [0.15, 0.2) is 102 Å². The number of hydrogen-bond acceptors (Lipinski definition) is 8. The van der Waals surface area contributed by atoms with Crippen LogP contribution in [0.5, 0.6) is 0 Å². The molecule has 4 aromatic heterocycles. The van der Waals surface area contributed by atoms with E-state index >= 15 is 0 Å². The topological polar surface area (TPSA) is 144 Å². The molecule has 5 heterocycles. The standard InChI is InChI=1S/C32H28N8O.C2HF3O2/c41-31-26-20-25(23-6-2-1-3-7-23)29(35-27(26)13-15-34-31)24-11-9-22(10-12-24)21-39-16-18-40(19-17-39)32-36-30(37-38-32)28-8-4-5-14-33-28;3-2(4,5)1(6)7/h1-15,20H,16-19,21H2,(H,34,41)(H,36,37,38);(H,6,7). The zero-order valence-corrected chi connectivity index (χ0v) is 25.4. The summed E-state index contributed by atoms with van der Waals surface area (Å²) in [5, 5.41) is 15.1. The Balaban J connectivity index is 0.000000519. The van der Waals surface area contributed by atoms with E-state index in [1.54, 1.807) is 12.4 Å². The van der Waals surface area contributed by atoms with Crippen molar-refractivity contribution in [1.82, 2.24) is 35.0 Å². The van der Waals surface area contributed by atoms with E-state index in [2.05, 4.69) is 71.3 Å². The Morgan fingerprint density at radius 3 is 2.25 bits per heavy atom. The van der Waals surface area contributed by atoms with Gasteiger partial charge in [-0.2, -0.15) is 18.2 Å². The first-order chi connectivity index (χ1) is 23.2. The number of fused-ring (bicyclic) bond motifs is 1. The number of benzene rings is 2. The van der Waals surface area contributed by atoms with E-state index in [0.29, 0.717) is 22.7 Å². The van der Waals surface area contributed by atoms with Crippen LogP contribution in [-0.2, 0) is 11.3 Å². The van der Waals surface area contributed by atoms with Gasteiger partial charge in [-0.05, 0) is 35.4 Å². The summed E-state index contributed by atoms with van der Waals surface area (Å²) in [6.07, 6.45) is -1.68. The van der Waals surface area contributed by atoms with Crippen LogP contribution < -0.4 is 10.5 Å². The number of nitrogens with one attached hydrogen (secondary N) is 2. The van der Waals surface area contributed by atoms with E-state index < -0.39 is 12.1 Å². The molecule has 0 amide bonds. The second-order valence-electron chi connectivity index (χ2n) is 11.0. The summed E-state index contributed by atoms with van der Waals surface area (Å²) >= 11 is 0. The van der Waals surface area contributed by atoms with E-state index in [-0.39, 0.29) is 5.56 Å². The lowest BCUT2D eigenvalue weighted by molar-refractivity contribution is -0.192. The minimum absolute atomic E-state index is 0.133. The molecular weight excluding hydrogens is 625 g/mol. The van der Waals surface area contributed by atoms with E-state index in [9.17, 15) is 18.0 Å². The fourth-order valence-electron chi connectivity index (χ4n) is 5.31. The smallest absolute Gasteiger partial charge is 0.475 e. The van der Waals surface area contributed by atoms with Crippen LogP contribution in [0.25, 0.3) is 44.8 Å². The molecule has 1 aliphatic heterocycles. The average Bonchev–Trinajstić information content (AvgIpc) is 3.60. The maximum Gasteiger partial charge on any atom is 0.490 e. The molecule has 0 bridgehead atoms. The van der Waals surface area contributed by atoms with Gasteiger partial charge in [0.25, 0.3) is 5.56 Å². The Morgan fingerprint density at radius 2 is 1.58 bits per heavy atom. The second-order valence-corrected chi connectivity index (χ2v) is 11.0. The molecule has 0 aliphatic carbocycles. The lowest BCUT2D eigenvalue weighted by atomic mass is 9.97. The molecule has 0 spiro atoms. The Labute approximate surface area is 271 Å². The van der Waals surface area contributed by atoms with Crippen LogP contribution in [0, 0.1) is 0 Å². The number of carboxylic acids is 1. The largest absolute Gasteiger partial charge is 0.490 e. The van der Waals surface area contributed by atoms with Crippen LogP contribution >= 0.6 is 0 Å². The maximum absolute atomic E-state index is 12.5. The number of H-pyrrole nitrogens is 2. The summed E-state index contributed by atoms with van der Waals surface area (Å²) in [5.74, 6) is -1.35. The SMILES string of the molecule is O=C(O)C(F)(F)F.O=c1[nH]ccc2nc(-c3ccc(CN4CCN(c5n[nH]c(-c6ccccn6)n5)CC4)cc3)c(-c3ccccc3)cc12. The molecule has 6 aromatic rings. The minimum atomic E-state index is -5.08. The van der Waals surface area contributed by atoms with Gasteiger partial charge in [0, 0.05) is 56.2 Å². The predicted octanol–water partition coefficient (Wildman–Crippen LogP) is 5.39. The first-order valence-corrected chi connectivity index (χ1v) is 14.9. The Hall–Kier alpha value is -5.89. The maximum atomic E-state index is 12.5. The third kappa shape index (κ3) is 7.39. The molecule has 244 valence electrons. The summed E-state index contributed by atoms with van der Waals surface area (Å²) in [6.45, 7) is 4.44. The van der Waals surface area contributed by atoms with Crippen LogP contribution in [0.1, 0.15) is 5.56 Å². The van der Waals surface area contributed by atoms with Crippen LogP contribution in [-0.4, -0.2) is 78.5 Å². The van der Waals surface area contributed by atoms with Crippen LogP contribution in [0.3, 0.4) is 0 Å².